The number of para-hydroxylation sites is 1. The molecule has 0 spiro atoms. The highest BCUT2D eigenvalue weighted by molar-refractivity contribution is 7.92. The van der Waals surface area contributed by atoms with Crippen LogP contribution in [0.1, 0.15) is 25.7 Å². The number of aliphatic hydroxyl groups excluding tert-OH is 1. The second kappa shape index (κ2) is 6.45. The van der Waals surface area contributed by atoms with Gasteiger partial charge in [-0.15, -0.1) is 0 Å². The van der Waals surface area contributed by atoms with Crippen LogP contribution < -0.4 is 5.32 Å². The monoisotopic (exact) mass is 337 g/mol. The summed E-state index contributed by atoms with van der Waals surface area (Å²) in [5.41, 5.74) is -5.36. The Morgan fingerprint density at radius 2 is 1.91 bits per heavy atom. The predicted octanol–water partition coefficient (Wildman–Crippen LogP) is 2.94. The van der Waals surface area contributed by atoms with Crippen LogP contribution in [0.4, 0.5) is 18.9 Å². The molecule has 2 N–H and O–H groups in total. The van der Waals surface area contributed by atoms with Gasteiger partial charge in [-0.1, -0.05) is 18.6 Å². The summed E-state index contributed by atoms with van der Waals surface area (Å²) in [5.74, 6) is 0.131. The third kappa shape index (κ3) is 3.38. The standard InChI is InChI=1S/C14H18F3NO3S/c15-14(16,17)22(20,21)13-7-2-1-5-12(13)18-11-6-3-4-10(11)8-9-19/h1-2,5,7,10-11,18-19H,3-4,6,8-9H2. The van der Waals surface area contributed by atoms with E-state index in [2.05, 4.69) is 5.32 Å². The van der Waals surface area contributed by atoms with Gasteiger partial charge in [0.1, 0.15) is 0 Å². The average Bonchev–Trinajstić information content (AvgIpc) is 2.86. The zero-order valence-corrected chi connectivity index (χ0v) is 12.6. The number of benzene rings is 1. The third-order valence-corrected chi connectivity index (χ3v) is 5.53. The van der Waals surface area contributed by atoms with Gasteiger partial charge in [0.15, 0.2) is 0 Å². The smallest absolute Gasteiger partial charge is 0.396 e. The van der Waals surface area contributed by atoms with Gasteiger partial charge < -0.3 is 10.4 Å². The second-order valence-corrected chi connectivity index (χ2v) is 7.31. The molecular formula is C14H18F3NO3S. The van der Waals surface area contributed by atoms with Crippen molar-refractivity contribution in [1.82, 2.24) is 0 Å². The van der Waals surface area contributed by atoms with Crippen molar-refractivity contribution in [1.29, 1.82) is 0 Å². The Kier molecular flexibility index (Phi) is 5.01. The number of aliphatic hydroxyl groups is 1. The van der Waals surface area contributed by atoms with Crippen LogP contribution in [0.15, 0.2) is 29.2 Å². The van der Waals surface area contributed by atoms with Gasteiger partial charge >= 0.3 is 5.51 Å². The fourth-order valence-electron chi connectivity index (χ4n) is 2.88. The molecular weight excluding hydrogens is 319 g/mol. The van der Waals surface area contributed by atoms with Crippen LogP contribution in [0.5, 0.6) is 0 Å². The van der Waals surface area contributed by atoms with Crippen LogP contribution in [0, 0.1) is 5.92 Å². The minimum Gasteiger partial charge on any atom is -0.396 e. The first kappa shape index (κ1) is 17.1. The lowest BCUT2D eigenvalue weighted by atomic mass is 10.00. The molecule has 1 saturated carbocycles. The Balaban J connectivity index is 2.30. The van der Waals surface area contributed by atoms with Crippen molar-refractivity contribution in [2.75, 3.05) is 11.9 Å². The number of hydrogen-bond acceptors (Lipinski definition) is 4. The molecule has 22 heavy (non-hydrogen) atoms. The molecule has 1 aromatic carbocycles. The Hall–Kier alpha value is -1.28. The van der Waals surface area contributed by atoms with Crippen molar-refractivity contribution < 1.29 is 26.7 Å². The molecule has 0 aromatic heterocycles. The van der Waals surface area contributed by atoms with E-state index >= 15 is 0 Å². The Morgan fingerprint density at radius 3 is 2.55 bits per heavy atom. The number of rotatable bonds is 5. The van der Waals surface area contributed by atoms with E-state index in [9.17, 15) is 21.6 Å². The van der Waals surface area contributed by atoms with Crippen molar-refractivity contribution in [3.63, 3.8) is 0 Å². The van der Waals surface area contributed by atoms with Crippen LogP contribution in [0.3, 0.4) is 0 Å². The Labute approximate surface area is 127 Å². The molecule has 1 aromatic rings. The lowest BCUT2D eigenvalue weighted by molar-refractivity contribution is -0.0435. The van der Waals surface area contributed by atoms with Gasteiger partial charge in [-0.2, -0.15) is 13.2 Å². The van der Waals surface area contributed by atoms with E-state index in [0.29, 0.717) is 6.42 Å². The molecule has 8 heteroatoms. The van der Waals surface area contributed by atoms with Crippen LogP contribution >= 0.6 is 0 Å². The molecule has 0 heterocycles. The summed E-state index contributed by atoms with van der Waals surface area (Å²) in [5, 5.41) is 12.0. The summed E-state index contributed by atoms with van der Waals surface area (Å²) in [7, 11) is -5.39. The molecule has 0 saturated heterocycles. The molecule has 0 bridgehead atoms. The molecule has 2 rings (SSSR count). The van der Waals surface area contributed by atoms with Gasteiger partial charge in [0.25, 0.3) is 9.84 Å². The second-order valence-electron chi connectivity index (χ2n) is 5.40. The van der Waals surface area contributed by atoms with Crippen molar-refractivity contribution in [3.8, 4) is 0 Å². The number of alkyl halides is 3. The highest BCUT2D eigenvalue weighted by atomic mass is 32.2. The first-order chi connectivity index (χ1) is 10.3. The largest absolute Gasteiger partial charge is 0.501 e. The number of sulfone groups is 1. The number of nitrogens with one attached hydrogen (secondary N) is 1. The van der Waals surface area contributed by atoms with Gasteiger partial charge in [0.2, 0.25) is 0 Å². The van der Waals surface area contributed by atoms with Crippen LogP contribution in [0.2, 0.25) is 0 Å². The first-order valence-electron chi connectivity index (χ1n) is 7.05. The van der Waals surface area contributed by atoms with Crippen LogP contribution in [-0.4, -0.2) is 31.7 Å². The van der Waals surface area contributed by atoms with E-state index < -0.39 is 20.2 Å². The van der Waals surface area contributed by atoms with Gasteiger partial charge in [-0.05, 0) is 37.3 Å². The predicted molar refractivity (Wildman–Crippen MR) is 76.1 cm³/mol. The summed E-state index contributed by atoms with van der Waals surface area (Å²) in [4.78, 5) is -0.753. The molecule has 1 aliphatic rings. The van der Waals surface area contributed by atoms with Gasteiger partial charge in [0, 0.05) is 12.6 Å². The first-order valence-corrected chi connectivity index (χ1v) is 8.53. The SMILES string of the molecule is O=S(=O)(c1ccccc1NC1CCCC1CCO)C(F)(F)F. The maximum absolute atomic E-state index is 12.8. The Morgan fingerprint density at radius 1 is 1.23 bits per heavy atom. The highest BCUT2D eigenvalue weighted by Gasteiger charge is 2.48. The number of anilines is 1. The minimum atomic E-state index is -5.39. The van der Waals surface area contributed by atoms with Crippen molar-refractivity contribution in [2.45, 2.75) is 42.1 Å². The maximum Gasteiger partial charge on any atom is 0.501 e. The van der Waals surface area contributed by atoms with Crippen molar-refractivity contribution in [3.05, 3.63) is 24.3 Å². The fraction of sp³-hybridized carbons (Fsp3) is 0.571. The molecule has 2 atom stereocenters. The van der Waals surface area contributed by atoms with E-state index in [4.69, 9.17) is 5.11 Å². The quantitative estimate of drug-likeness (QED) is 0.867. The summed E-state index contributed by atoms with van der Waals surface area (Å²) < 4.78 is 61.6. The molecule has 0 radical (unpaired) electrons. The van der Waals surface area contributed by atoms with E-state index in [-0.39, 0.29) is 24.3 Å². The van der Waals surface area contributed by atoms with E-state index in [1.54, 1.807) is 0 Å². The highest BCUT2D eigenvalue weighted by Crippen LogP contribution is 2.37. The zero-order chi connectivity index (χ0) is 16.4. The number of hydrogen-bond donors (Lipinski definition) is 2. The normalized spacial score (nSPS) is 22.7. The summed E-state index contributed by atoms with van der Waals surface area (Å²) in [6.45, 7) is 0.00530. The van der Waals surface area contributed by atoms with Crippen molar-refractivity contribution >= 4 is 15.5 Å². The van der Waals surface area contributed by atoms with Crippen molar-refractivity contribution in [2.24, 2.45) is 5.92 Å². The van der Waals surface area contributed by atoms with E-state index in [1.165, 1.54) is 18.2 Å². The lowest BCUT2D eigenvalue weighted by Crippen LogP contribution is -2.28. The summed E-state index contributed by atoms with van der Waals surface area (Å²) in [6, 6.07) is 4.93. The molecule has 0 aliphatic heterocycles. The minimum absolute atomic E-state index is 0.00530. The third-order valence-electron chi connectivity index (χ3n) is 3.98. The topological polar surface area (TPSA) is 66.4 Å². The molecule has 4 nitrogen and oxygen atoms in total. The molecule has 1 aliphatic carbocycles. The zero-order valence-electron chi connectivity index (χ0n) is 11.8. The lowest BCUT2D eigenvalue weighted by Gasteiger charge is -2.23. The van der Waals surface area contributed by atoms with E-state index in [0.717, 1.165) is 25.3 Å². The van der Waals surface area contributed by atoms with Gasteiger partial charge in [-0.3, -0.25) is 0 Å². The van der Waals surface area contributed by atoms with Gasteiger partial charge in [-0.25, -0.2) is 8.42 Å². The molecule has 124 valence electrons. The maximum atomic E-state index is 12.8. The van der Waals surface area contributed by atoms with Gasteiger partial charge in [0.05, 0.1) is 10.6 Å². The molecule has 2 unspecified atom stereocenters. The van der Waals surface area contributed by atoms with E-state index in [1.807, 2.05) is 0 Å². The fourth-order valence-corrected chi connectivity index (χ4v) is 3.81. The summed E-state index contributed by atoms with van der Waals surface area (Å²) in [6.07, 6.45) is 3.06. The van der Waals surface area contributed by atoms with Crippen LogP contribution in [-0.2, 0) is 9.84 Å². The molecule has 0 amide bonds. The molecule has 1 fully saturated rings. The van der Waals surface area contributed by atoms with Crippen LogP contribution in [0.25, 0.3) is 0 Å². The number of halogens is 3. The summed E-state index contributed by atoms with van der Waals surface area (Å²) >= 11 is 0. The average molecular weight is 337 g/mol. The Bertz CT molecular complexity index is 616.